The molecule has 1 aromatic heterocycles. The van der Waals surface area contributed by atoms with E-state index in [1.807, 2.05) is 11.3 Å². The predicted molar refractivity (Wildman–Crippen MR) is 73.1 cm³/mol. The van der Waals surface area contributed by atoms with E-state index in [2.05, 4.69) is 53.2 Å². The molecule has 1 N–H and O–H groups in total. The standard InChI is InChI=1S/C15H17NS/c1-2-6-13(7-3-1)15(9-5-10-15)16-12-14-8-4-11-17-14/h1-4,6-8,11,16H,5,9-10,12H2. The minimum Gasteiger partial charge on any atom is -0.302 e. The fourth-order valence-electron chi connectivity index (χ4n) is 2.52. The second kappa shape index (κ2) is 4.63. The van der Waals surface area contributed by atoms with Gasteiger partial charge in [0.05, 0.1) is 0 Å². The van der Waals surface area contributed by atoms with Gasteiger partial charge in [0.15, 0.2) is 0 Å². The van der Waals surface area contributed by atoms with Crippen LogP contribution in [0.1, 0.15) is 29.7 Å². The summed E-state index contributed by atoms with van der Waals surface area (Å²) < 4.78 is 0. The van der Waals surface area contributed by atoms with Crippen molar-refractivity contribution in [3.8, 4) is 0 Å². The molecule has 0 aliphatic heterocycles. The van der Waals surface area contributed by atoms with Crippen molar-refractivity contribution in [2.24, 2.45) is 0 Å². The van der Waals surface area contributed by atoms with E-state index in [0.717, 1.165) is 6.54 Å². The lowest BCUT2D eigenvalue weighted by Gasteiger charge is -2.43. The van der Waals surface area contributed by atoms with Crippen molar-refractivity contribution in [2.75, 3.05) is 0 Å². The Morgan fingerprint density at radius 2 is 1.88 bits per heavy atom. The van der Waals surface area contributed by atoms with Crippen LogP contribution >= 0.6 is 11.3 Å². The van der Waals surface area contributed by atoms with Crippen molar-refractivity contribution in [3.05, 3.63) is 58.3 Å². The first-order valence-corrected chi connectivity index (χ1v) is 7.10. The molecule has 17 heavy (non-hydrogen) atoms. The van der Waals surface area contributed by atoms with Crippen molar-refractivity contribution < 1.29 is 0 Å². The van der Waals surface area contributed by atoms with Crippen LogP contribution in [0.25, 0.3) is 0 Å². The Kier molecular flexibility index (Phi) is 3.00. The monoisotopic (exact) mass is 243 g/mol. The minimum atomic E-state index is 0.241. The summed E-state index contributed by atoms with van der Waals surface area (Å²) >= 11 is 1.83. The quantitative estimate of drug-likeness (QED) is 0.858. The molecule has 1 saturated carbocycles. The summed E-state index contributed by atoms with van der Waals surface area (Å²) in [6.07, 6.45) is 3.87. The van der Waals surface area contributed by atoms with Gasteiger partial charge in [0, 0.05) is 17.0 Å². The van der Waals surface area contributed by atoms with E-state index >= 15 is 0 Å². The molecule has 0 saturated heterocycles. The van der Waals surface area contributed by atoms with Crippen molar-refractivity contribution in [3.63, 3.8) is 0 Å². The molecular weight excluding hydrogens is 226 g/mol. The van der Waals surface area contributed by atoms with E-state index < -0.39 is 0 Å². The lowest BCUT2D eigenvalue weighted by molar-refractivity contribution is 0.184. The second-order valence-electron chi connectivity index (χ2n) is 4.73. The first kappa shape index (κ1) is 11.0. The highest BCUT2D eigenvalue weighted by Crippen LogP contribution is 2.41. The summed E-state index contributed by atoms with van der Waals surface area (Å²) in [4.78, 5) is 1.42. The molecule has 2 aromatic rings. The third kappa shape index (κ3) is 2.15. The summed E-state index contributed by atoms with van der Waals surface area (Å²) in [5, 5.41) is 5.91. The lowest BCUT2D eigenvalue weighted by atomic mass is 9.72. The number of nitrogens with one attached hydrogen (secondary N) is 1. The maximum atomic E-state index is 3.76. The molecule has 3 rings (SSSR count). The number of benzene rings is 1. The number of hydrogen-bond acceptors (Lipinski definition) is 2. The molecular formula is C15H17NS. The van der Waals surface area contributed by atoms with Crippen molar-refractivity contribution in [1.82, 2.24) is 5.32 Å². The molecule has 1 aliphatic rings. The highest BCUT2D eigenvalue weighted by atomic mass is 32.1. The average molecular weight is 243 g/mol. The number of hydrogen-bond donors (Lipinski definition) is 1. The summed E-state index contributed by atoms with van der Waals surface area (Å²) in [5.74, 6) is 0. The van der Waals surface area contributed by atoms with Crippen LogP contribution in [0.3, 0.4) is 0 Å². The van der Waals surface area contributed by atoms with Crippen LogP contribution < -0.4 is 5.32 Å². The third-order valence-corrected chi connectivity index (χ3v) is 4.59. The Hall–Kier alpha value is -1.12. The molecule has 0 unspecified atom stereocenters. The fourth-order valence-corrected chi connectivity index (χ4v) is 3.17. The first-order chi connectivity index (χ1) is 8.39. The van der Waals surface area contributed by atoms with Gasteiger partial charge in [-0.1, -0.05) is 36.4 Å². The maximum absolute atomic E-state index is 3.76. The van der Waals surface area contributed by atoms with Gasteiger partial charge in [-0.2, -0.15) is 0 Å². The fraction of sp³-hybridized carbons (Fsp3) is 0.333. The molecule has 1 fully saturated rings. The van der Waals surface area contributed by atoms with E-state index in [1.54, 1.807) is 0 Å². The average Bonchev–Trinajstić information content (AvgIpc) is 2.82. The molecule has 1 heterocycles. The van der Waals surface area contributed by atoms with Crippen LogP contribution in [0.4, 0.5) is 0 Å². The van der Waals surface area contributed by atoms with Crippen LogP contribution in [-0.4, -0.2) is 0 Å². The molecule has 0 spiro atoms. The molecule has 88 valence electrons. The van der Waals surface area contributed by atoms with Crippen molar-refractivity contribution in [2.45, 2.75) is 31.3 Å². The van der Waals surface area contributed by atoms with Gasteiger partial charge in [-0.25, -0.2) is 0 Å². The zero-order valence-corrected chi connectivity index (χ0v) is 10.7. The summed E-state index contributed by atoms with van der Waals surface area (Å²) in [6, 6.07) is 15.2. The van der Waals surface area contributed by atoms with Gasteiger partial charge in [0.25, 0.3) is 0 Å². The van der Waals surface area contributed by atoms with E-state index in [-0.39, 0.29) is 5.54 Å². The highest BCUT2D eigenvalue weighted by Gasteiger charge is 2.37. The first-order valence-electron chi connectivity index (χ1n) is 6.22. The lowest BCUT2D eigenvalue weighted by Crippen LogP contribution is -2.47. The smallest absolute Gasteiger partial charge is 0.0437 e. The van der Waals surface area contributed by atoms with E-state index in [1.165, 1.54) is 29.7 Å². The van der Waals surface area contributed by atoms with Crippen LogP contribution in [0, 0.1) is 0 Å². The SMILES string of the molecule is c1ccc(C2(NCc3cccs3)CCC2)cc1. The van der Waals surface area contributed by atoms with Crippen molar-refractivity contribution >= 4 is 11.3 Å². The van der Waals surface area contributed by atoms with Gasteiger partial charge in [-0.05, 0) is 36.3 Å². The Morgan fingerprint density at radius 1 is 1.06 bits per heavy atom. The van der Waals surface area contributed by atoms with Gasteiger partial charge in [-0.3, -0.25) is 0 Å². The van der Waals surface area contributed by atoms with Crippen LogP contribution in [0.2, 0.25) is 0 Å². The molecule has 2 heteroatoms. The summed E-state index contributed by atoms with van der Waals surface area (Å²) in [5.41, 5.74) is 1.69. The Morgan fingerprint density at radius 3 is 2.47 bits per heavy atom. The van der Waals surface area contributed by atoms with Crippen LogP contribution in [-0.2, 0) is 12.1 Å². The zero-order valence-electron chi connectivity index (χ0n) is 9.86. The predicted octanol–water partition coefficient (Wildman–Crippen LogP) is 3.92. The highest BCUT2D eigenvalue weighted by molar-refractivity contribution is 7.09. The molecule has 0 bridgehead atoms. The third-order valence-electron chi connectivity index (χ3n) is 3.71. The van der Waals surface area contributed by atoms with Gasteiger partial charge in [-0.15, -0.1) is 11.3 Å². The number of rotatable bonds is 4. The van der Waals surface area contributed by atoms with Gasteiger partial charge >= 0.3 is 0 Å². The Balaban J connectivity index is 1.74. The molecule has 1 aromatic carbocycles. The molecule has 0 atom stereocenters. The van der Waals surface area contributed by atoms with Crippen molar-refractivity contribution in [1.29, 1.82) is 0 Å². The topological polar surface area (TPSA) is 12.0 Å². The van der Waals surface area contributed by atoms with E-state index in [4.69, 9.17) is 0 Å². The maximum Gasteiger partial charge on any atom is 0.0437 e. The van der Waals surface area contributed by atoms with Gasteiger partial charge < -0.3 is 5.32 Å². The molecule has 1 nitrogen and oxygen atoms in total. The normalized spacial score (nSPS) is 17.6. The molecule has 0 radical (unpaired) electrons. The largest absolute Gasteiger partial charge is 0.302 e. The Bertz CT molecular complexity index is 457. The second-order valence-corrected chi connectivity index (χ2v) is 5.77. The van der Waals surface area contributed by atoms with Crippen LogP contribution in [0.5, 0.6) is 0 Å². The van der Waals surface area contributed by atoms with E-state index in [0.29, 0.717) is 0 Å². The van der Waals surface area contributed by atoms with E-state index in [9.17, 15) is 0 Å². The van der Waals surface area contributed by atoms with Crippen LogP contribution in [0.15, 0.2) is 47.8 Å². The number of thiophene rings is 1. The van der Waals surface area contributed by atoms with Gasteiger partial charge in [0.1, 0.15) is 0 Å². The minimum absolute atomic E-state index is 0.241. The molecule has 0 amide bonds. The molecule has 1 aliphatic carbocycles. The Labute approximate surface area is 106 Å². The summed E-state index contributed by atoms with van der Waals surface area (Å²) in [7, 11) is 0. The summed E-state index contributed by atoms with van der Waals surface area (Å²) in [6.45, 7) is 0.993. The van der Waals surface area contributed by atoms with Gasteiger partial charge in [0.2, 0.25) is 0 Å². The zero-order chi connectivity index (χ0) is 11.6.